The van der Waals surface area contributed by atoms with E-state index in [0.29, 0.717) is 11.1 Å². The van der Waals surface area contributed by atoms with Crippen LogP contribution in [0.2, 0.25) is 0 Å². The minimum Gasteiger partial charge on any atom is -0.477 e. The quantitative estimate of drug-likeness (QED) is 0.786. The number of hydrogen-bond donors (Lipinski definition) is 1. The SMILES string of the molecule is O=C(O)c1ccc(-c2ccccc2)c(F)n1. The number of rotatable bonds is 2. The van der Waals surface area contributed by atoms with Crippen LogP contribution in [0.15, 0.2) is 42.5 Å². The highest BCUT2D eigenvalue weighted by Crippen LogP contribution is 2.21. The lowest BCUT2D eigenvalue weighted by atomic mass is 10.1. The van der Waals surface area contributed by atoms with Gasteiger partial charge in [0.05, 0.1) is 0 Å². The van der Waals surface area contributed by atoms with Crippen molar-refractivity contribution in [2.45, 2.75) is 0 Å². The van der Waals surface area contributed by atoms with Gasteiger partial charge in [-0.05, 0) is 17.7 Å². The van der Waals surface area contributed by atoms with E-state index in [1.54, 1.807) is 24.3 Å². The summed E-state index contributed by atoms with van der Waals surface area (Å²) in [6, 6.07) is 11.6. The molecule has 1 aromatic heterocycles. The number of aromatic nitrogens is 1. The number of aromatic carboxylic acids is 1. The summed E-state index contributed by atoms with van der Waals surface area (Å²) >= 11 is 0. The van der Waals surface area contributed by atoms with E-state index in [2.05, 4.69) is 4.98 Å². The Bertz CT molecular complexity index is 526. The number of carboxylic acids is 1. The second kappa shape index (κ2) is 4.10. The maximum absolute atomic E-state index is 13.5. The molecule has 16 heavy (non-hydrogen) atoms. The van der Waals surface area contributed by atoms with E-state index < -0.39 is 11.9 Å². The predicted molar refractivity (Wildman–Crippen MR) is 56.6 cm³/mol. The van der Waals surface area contributed by atoms with Crippen molar-refractivity contribution in [1.82, 2.24) is 4.98 Å². The van der Waals surface area contributed by atoms with E-state index >= 15 is 0 Å². The zero-order valence-corrected chi connectivity index (χ0v) is 8.22. The molecule has 0 bridgehead atoms. The van der Waals surface area contributed by atoms with Gasteiger partial charge in [-0.2, -0.15) is 4.39 Å². The summed E-state index contributed by atoms with van der Waals surface area (Å²) in [5, 5.41) is 8.64. The summed E-state index contributed by atoms with van der Waals surface area (Å²) in [7, 11) is 0. The fraction of sp³-hybridized carbons (Fsp3) is 0. The molecule has 3 nitrogen and oxygen atoms in total. The van der Waals surface area contributed by atoms with E-state index in [1.807, 2.05) is 6.07 Å². The van der Waals surface area contributed by atoms with Gasteiger partial charge in [-0.3, -0.25) is 0 Å². The van der Waals surface area contributed by atoms with E-state index in [-0.39, 0.29) is 5.69 Å². The minimum absolute atomic E-state index is 0.294. The molecule has 1 N–H and O–H groups in total. The molecule has 0 aliphatic heterocycles. The normalized spacial score (nSPS) is 10.1. The Morgan fingerprint density at radius 2 is 1.81 bits per heavy atom. The molecule has 0 radical (unpaired) electrons. The largest absolute Gasteiger partial charge is 0.477 e. The topological polar surface area (TPSA) is 50.2 Å². The van der Waals surface area contributed by atoms with Gasteiger partial charge in [0.1, 0.15) is 0 Å². The number of carbonyl (C=O) groups is 1. The highest BCUT2D eigenvalue weighted by molar-refractivity contribution is 5.85. The van der Waals surface area contributed by atoms with Gasteiger partial charge in [0, 0.05) is 5.56 Å². The number of benzene rings is 1. The first-order valence-corrected chi connectivity index (χ1v) is 4.64. The average molecular weight is 217 g/mol. The van der Waals surface area contributed by atoms with Crippen LogP contribution in [0.25, 0.3) is 11.1 Å². The molecule has 0 saturated heterocycles. The van der Waals surface area contributed by atoms with Crippen molar-refractivity contribution in [2.24, 2.45) is 0 Å². The summed E-state index contributed by atoms with van der Waals surface area (Å²) in [4.78, 5) is 14.0. The van der Waals surface area contributed by atoms with Gasteiger partial charge >= 0.3 is 5.97 Å². The summed E-state index contributed by atoms with van der Waals surface area (Å²) in [5.41, 5.74) is 0.673. The Kier molecular flexibility index (Phi) is 2.64. The molecule has 1 aromatic carbocycles. The standard InChI is InChI=1S/C12H8FNO2/c13-11-9(8-4-2-1-3-5-8)6-7-10(14-11)12(15)16/h1-7H,(H,15,16). The molecule has 0 fully saturated rings. The fourth-order valence-corrected chi connectivity index (χ4v) is 1.39. The second-order valence-electron chi connectivity index (χ2n) is 3.21. The van der Waals surface area contributed by atoms with Gasteiger partial charge in [-0.15, -0.1) is 0 Å². The van der Waals surface area contributed by atoms with Crippen molar-refractivity contribution in [2.75, 3.05) is 0 Å². The van der Waals surface area contributed by atoms with Crippen molar-refractivity contribution in [3.8, 4) is 11.1 Å². The molecule has 0 spiro atoms. The average Bonchev–Trinajstić information content (AvgIpc) is 2.30. The van der Waals surface area contributed by atoms with Crippen LogP contribution in [0.5, 0.6) is 0 Å². The number of hydrogen-bond acceptors (Lipinski definition) is 2. The van der Waals surface area contributed by atoms with Crippen LogP contribution in [0.3, 0.4) is 0 Å². The third-order valence-corrected chi connectivity index (χ3v) is 2.15. The maximum atomic E-state index is 13.5. The molecule has 0 unspecified atom stereocenters. The van der Waals surface area contributed by atoms with Crippen LogP contribution < -0.4 is 0 Å². The molecule has 4 heteroatoms. The first-order valence-electron chi connectivity index (χ1n) is 4.64. The molecule has 0 atom stereocenters. The van der Waals surface area contributed by atoms with Crippen LogP contribution in [0.1, 0.15) is 10.5 Å². The van der Waals surface area contributed by atoms with Crippen LogP contribution in [0, 0.1) is 5.95 Å². The number of nitrogens with zero attached hydrogens (tertiary/aromatic N) is 1. The van der Waals surface area contributed by atoms with Crippen LogP contribution in [-0.2, 0) is 0 Å². The Labute approximate surface area is 91.2 Å². The van der Waals surface area contributed by atoms with E-state index in [9.17, 15) is 9.18 Å². The van der Waals surface area contributed by atoms with Crippen LogP contribution in [0.4, 0.5) is 4.39 Å². The highest BCUT2D eigenvalue weighted by atomic mass is 19.1. The smallest absolute Gasteiger partial charge is 0.354 e. The molecule has 0 aliphatic carbocycles. The highest BCUT2D eigenvalue weighted by Gasteiger charge is 2.10. The lowest BCUT2D eigenvalue weighted by molar-refractivity contribution is 0.0689. The summed E-state index contributed by atoms with van der Waals surface area (Å²) in [6.07, 6.45) is 0. The third-order valence-electron chi connectivity index (χ3n) is 2.15. The maximum Gasteiger partial charge on any atom is 0.354 e. The molecule has 0 amide bonds. The molecule has 0 saturated carbocycles. The van der Waals surface area contributed by atoms with E-state index in [0.717, 1.165) is 0 Å². The van der Waals surface area contributed by atoms with Gasteiger partial charge in [-0.1, -0.05) is 30.3 Å². The first kappa shape index (κ1) is 10.3. The zero-order chi connectivity index (χ0) is 11.5. The fourth-order valence-electron chi connectivity index (χ4n) is 1.39. The van der Waals surface area contributed by atoms with E-state index in [1.165, 1.54) is 12.1 Å². The Morgan fingerprint density at radius 1 is 1.12 bits per heavy atom. The Balaban J connectivity index is 2.48. The van der Waals surface area contributed by atoms with Crippen LogP contribution in [-0.4, -0.2) is 16.1 Å². The van der Waals surface area contributed by atoms with Crippen molar-refractivity contribution >= 4 is 5.97 Å². The second-order valence-corrected chi connectivity index (χ2v) is 3.21. The van der Waals surface area contributed by atoms with Crippen LogP contribution >= 0.6 is 0 Å². The summed E-state index contributed by atoms with van der Waals surface area (Å²) in [6.45, 7) is 0. The molecule has 2 rings (SSSR count). The van der Waals surface area contributed by atoms with Gasteiger partial charge in [0.15, 0.2) is 5.69 Å². The minimum atomic E-state index is -1.24. The zero-order valence-electron chi connectivity index (χ0n) is 8.22. The van der Waals surface area contributed by atoms with Crippen molar-refractivity contribution in [3.63, 3.8) is 0 Å². The molecule has 80 valence electrons. The number of halogens is 1. The van der Waals surface area contributed by atoms with Gasteiger partial charge in [0.25, 0.3) is 0 Å². The Morgan fingerprint density at radius 3 is 2.38 bits per heavy atom. The van der Waals surface area contributed by atoms with Crippen molar-refractivity contribution in [1.29, 1.82) is 0 Å². The van der Waals surface area contributed by atoms with Crippen molar-refractivity contribution in [3.05, 3.63) is 54.1 Å². The van der Waals surface area contributed by atoms with Gasteiger partial charge in [0.2, 0.25) is 5.95 Å². The monoisotopic (exact) mass is 217 g/mol. The summed E-state index contributed by atoms with van der Waals surface area (Å²) < 4.78 is 13.5. The number of carboxylic acid groups (broad SMARTS) is 1. The van der Waals surface area contributed by atoms with E-state index in [4.69, 9.17) is 5.11 Å². The van der Waals surface area contributed by atoms with Gasteiger partial charge < -0.3 is 5.11 Å². The molecular formula is C12H8FNO2. The predicted octanol–water partition coefficient (Wildman–Crippen LogP) is 2.59. The Hall–Kier alpha value is -2.23. The lowest BCUT2D eigenvalue weighted by Crippen LogP contribution is -2.02. The lowest BCUT2D eigenvalue weighted by Gasteiger charge is -2.02. The molecule has 1 heterocycles. The molecular weight excluding hydrogens is 209 g/mol. The summed E-state index contributed by atoms with van der Waals surface area (Å²) in [5.74, 6) is -2.01. The number of pyridine rings is 1. The third kappa shape index (κ3) is 1.91. The van der Waals surface area contributed by atoms with Gasteiger partial charge in [-0.25, -0.2) is 9.78 Å². The molecule has 2 aromatic rings. The first-order chi connectivity index (χ1) is 7.68. The molecule has 0 aliphatic rings. The van der Waals surface area contributed by atoms with Crippen molar-refractivity contribution < 1.29 is 14.3 Å².